The summed E-state index contributed by atoms with van der Waals surface area (Å²) < 4.78 is 6.48. The van der Waals surface area contributed by atoms with Crippen molar-refractivity contribution < 1.29 is 9.53 Å². The van der Waals surface area contributed by atoms with E-state index in [1.54, 1.807) is 26.4 Å². The first-order chi connectivity index (χ1) is 8.58. The van der Waals surface area contributed by atoms with Crippen molar-refractivity contribution in [2.45, 2.75) is 25.8 Å². The maximum Gasteiger partial charge on any atom is 0.251 e. The van der Waals surface area contributed by atoms with Gasteiger partial charge in [0.2, 0.25) is 0 Å². The molecule has 1 rings (SSSR count). The van der Waals surface area contributed by atoms with Crippen LogP contribution < -0.4 is 10.9 Å². The van der Waals surface area contributed by atoms with E-state index in [2.05, 4.69) is 5.32 Å². The average molecular weight is 252 g/mol. The predicted octanol–water partition coefficient (Wildman–Crippen LogP) is 0.930. The number of hydrogen-bond donors (Lipinski definition) is 1. The Kier molecular flexibility index (Phi) is 5.58. The summed E-state index contributed by atoms with van der Waals surface area (Å²) in [5, 5.41) is 2.87. The molecule has 5 nitrogen and oxygen atoms in total. The van der Waals surface area contributed by atoms with Gasteiger partial charge >= 0.3 is 0 Å². The zero-order valence-corrected chi connectivity index (χ0v) is 11.1. The largest absolute Gasteiger partial charge is 0.383 e. The minimum Gasteiger partial charge on any atom is -0.383 e. The van der Waals surface area contributed by atoms with Crippen molar-refractivity contribution in [2.24, 2.45) is 7.05 Å². The zero-order valence-electron chi connectivity index (χ0n) is 11.1. The highest BCUT2D eigenvalue weighted by Gasteiger charge is 2.13. The lowest BCUT2D eigenvalue weighted by molar-refractivity contribution is 0.0891. The summed E-state index contributed by atoms with van der Waals surface area (Å²) >= 11 is 0. The Morgan fingerprint density at radius 1 is 1.56 bits per heavy atom. The number of nitrogens with zero attached hydrogens (tertiary/aromatic N) is 1. The van der Waals surface area contributed by atoms with Crippen LogP contribution in [0.3, 0.4) is 0 Å². The number of nitrogens with one attached hydrogen (secondary N) is 1. The molecule has 1 unspecified atom stereocenters. The summed E-state index contributed by atoms with van der Waals surface area (Å²) in [6.45, 7) is 2.53. The van der Waals surface area contributed by atoms with Crippen LogP contribution in [-0.4, -0.2) is 30.2 Å². The van der Waals surface area contributed by atoms with Gasteiger partial charge in [-0.3, -0.25) is 9.59 Å². The quantitative estimate of drug-likeness (QED) is 0.819. The van der Waals surface area contributed by atoms with Gasteiger partial charge in [0, 0.05) is 32.0 Å². The van der Waals surface area contributed by atoms with Gasteiger partial charge in [0.25, 0.3) is 11.5 Å². The molecule has 18 heavy (non-hydrogen) atoms. The third kappa shape index (κ3) is 4.00. The molecule has 5 heteroatoms. The smallest absolute Gasteiger partial charge is 0.251 e. The third-order valence-corrected chi connectivity index (χ3v) is 2.71. The van der Waals surface area contributed by atoms with Gasteiger partial charge in [-0.1, -0.05) is 13.3 Å². The fraction of sp³-hybridized carbons (Fsp3) is 0.538. The van der Waals surface area contributed by atoms with Gasteiger partial charge in [0.05, 0.1) is 12.6 Å². The molecule has 0 radical (unpaired) electrons. The molecular formula is C13H20N2O3. The Morgan fingerprint density at radius 2 is 2.28 bits per heavy atom. The van der Waals surface area contributed by atoms with E-state index in [9.17, 15) is 9.59 Å². The minimum absolute atomic E-state index is 0.0171. The molecule has 0 aliphatic rings. The summed E-state index contributed by atoms with van der Waals surface area (Å²) in [6, 6.07) is 2.95. The Bertz CT molecular complexity index is 448. The maximum atomic E-state index is 12.0. The summed E-state index contributed by atoms with van der Waals surface area (Å²) in [5.41, 5.74) is 0.191. The highest BCUT2D eigenvalue weighted by atomic mass is 16.5. The summed E-state index contributed by atoms with van der Waals surface area (Å²) in [5.74, 6) is -0.233. The zero-order chi connectivity index (χ0) is 13.5. The maximum absolute atomic E-state index is 12.0. The summed E-state index contributed by atoms with van der Waals surface area (Å²) in [6.07, 6.45) is 3.40. The van der Waals surface area contributed by atoms with Crippen LogP contribution in [0.2, 0.25) is 0 Å². The molecule has 0 fully saturated rings. The van der Waals surface area contributed by atoms with Crippen molar-refractivity contribution in [3.63, 3.8) is 0 Å². The first-order valence-corrected chi connectivity index (χ1v) is 6.05. The van der Waals surface area contributed by atoms with Gasteiger partial charge in [-0.25, -0.2) is 0 Å². The van der Waals surface area contributed by atoms with Crippen molar-refractivity contribution >= 4 is 5.91 Å². The normalized spacial score (nSPS) is 12.2. The molecule has 0 saturated heterocycles. The number of methoxy groups -OCH3 is 1. The van der Waals surface area contributed by atoms with Crippen LogP contribution in [0.25, 0.3) is 0 Å². The molecule has 1 heterocycles. The molecular weight excluding hydrogens is 232 g/mol. The number of rotatable bonds is 6. The van der Waals surface area contributed by atoms with E-state index >= 15 is 0 Å². The molecule has 0 bridgehead atoms. The van der Waals surface area contributed by atoms with Crippen LogP contribution in [0, 0.1) is 0 Å². The van der Waals surface area contributed by atoms with Gasteiger partial charge in [-0.05, 0) is 12.5 Å². The lowest BCUT2D eigenvalue weighted by atomic mass is 10.1. The summed E-state index contributed by atoms with van der Waals surface area (Å²) in [7, 11) is 3.25. The first kappa shape index (κ1) is 14.4. The highest BCUT2D eigenvalue weighted by molar-refractivity contribution is 5.94. The minimum atomic E-state index is -0.233. The fourth-order valence-electron chi connectivity index (χ4n) is 1.71. The van der Waals surface area contributed by atoms with E-state index in [0.29, 0.717) is 12.2 Å². The molecule has 1 amide bonds. The number of aryl methyl sites for hydroxylation is 1. The Morgan fingerprint density at radius 3 is 2.83 bits per heavy atom. The van der Waals surface area contributed by atoms with E-state index in [1.165, 1.54) is 10.6 Å². The predicted molar refractivity (Wildman–Crippen MR) is 69.7 cm³/mol. The molecule has 0 aromatic carbocycles. The molecule has 1 atom stereocenters. The number of aromatic nitrogens is 1. The van der Waals surface area contributed by atoms with Gasteiger partial charge < -0.3 is 14.6 Å². The third-order valence-electron chi connectivity index (χ3n) is 2.71. The topological polar surface area (TPSA) is 60.3 Å². The van der Waals surface area contributed by atoms with E-state index in [-0.39, 0.29) is 17.5 Å². The lowest BCUT2D eigenvalue weighted by Crippen LogP contribution is -2.38. The highest BCUT2D eigenvalue weighted by Crippen LogP contribution is 2.01. The van der Waals surface area contributed by atoms with E-state index in [0.717, 1.165) is 12.8 Å². The monoisotopic (exact) mass is 252 g/mol. The number of hydrogen-bond acceptors (Lipinski definition) is 3. The molecule has 0 spiro atoms. The van der Waals surface area contributed by atoms with Crippen LogP contribution in [0.5, 0.6) is 0 Å². The molecule has 1 aromatic heterocycles. The Balaban J connectivity index is 2.73. The number of ether oxygens (including phenoxy) is 1. The van der Waals surface area contributed by atoms with Gasteiger partial charge in [-0.2, -0.15) is 0 Å². The van der Waals surface area contributed by atoms with Crippen molar-refractivity contribution in [3.8, 4) is 0 Å². The Hall–Kier alpha value is -1.62. The molecule has 100 valence electrons. The average Bonchev–Trinajstić information content (AvgIpc) is 2.33. The molecule has 0 aliphatic heterocycles. The number of amides is 1. The Labute approximate surface area is 107 Å². The second kappa shape index (κ2) is 6.96. The summed E-state index contributed by atoms with van der Waals surface area (Å²) in [4.78, 5) is 23.4. The lowest BCUT2D eigenvalue weighted by Gasteiger charge is -2.17. The molecule has 0 aliphatic carbocycles. The molecule has 0 saturated carbocycles. The van der Waals surface area contributed by atoms with Gasteiger partial charge in [0.1, 0.15) is 0 Å². The first-order valence-electron chi connectivity index (χ1n) is 6.05. The van der Waals surface area contributed by atoms with E-state index in [4.69, 9.17) is 4.74 Å². The second-order valence-corrected chi connectivity index (χ2v) is 4.28. The van der Waals surface area contributed by atoms with Crippen LogP contribution in [0.4, 0.5) is 0 Å². The van der Waals surface area contributed by atoms with Gasteiger partial charge in [0.15, 0.2) is 0 Å². The molecule has 1 aromatic rings. The van der Waals surface area contributed by atoms with Crippen molar-refractivity contribution in [3.05, 3.63) is 34.2 Å². The van der Waals surface area contributed by atoms with Crippen molar-refractivity contribution in [1.29, 1.82) is 0 Å². The number of carbonyl (C=O) groups is 1. The van der Waals surface area contributed by atoms with E-state index in [1.807, 2.05) is 6.92 Å². The van der Waals surface area contributed by atoms with Crippen LogP contribution in [-0.2, 0) is 11.8 Å². The number of carbonyl (C=O) groups excluding carboxylic acids is 1. The standard InChI is InChI=1S/C13H20N2O3/c1-4-5-11(9-18-3)14-13(17)10-6-7-15(2)12(16)8-10/h6-8,11H,4-5,9H2,1-3H3,(H,14,17). The number of pyridine rings is 1. The van der Waals surface area contributed by atoms with Gasteiger partial charge in [-0.15, -0.1) is 0 Å². The van der Waals surface area contributed by atoms with Crippen LogP contribution in [0.15, 0.2) is 23.1 Å². The van der Waals surface area contributed by atoms with Crippen LogP contribution >= 0.6 is 0 Å². The SMILES string of the molecule is CCCC(COC)NC(=O)c1ccn(C)c(=O)c1. The van der Waals surface area contributed by atoms with Crippen molar-refractivity contribution in [2.75, 3.05) is 13.7 Å². The van der Waals surface area contributed by atoms with E-state index < -0.39 is 0 Å². The second-order valence-electron chi connectivity index (χ2n) is 4.28. The van der Waals surface area contributed by atoms with Crippen LogP contribution in [0.1, 0.15) is 30.1 Å². The van der Waals surface area contributed by atoms with Crippen molar-refractivity contribution in [1.82, 2.24) is 9.88 Å². The molecule has 1 N–H and O–H groups in total. The fourth-order valence-corrected chi connectivity index (χ4v) is 1.71.